The molecule has 1 amide bonds. The van der Waals surface area contributed by atoms with Crippen LogP contribution in [0.1, 0.15) is 20.7 Å². The van der Waals surface area contributed by atoms with Gasteiger partial charge in [0.25, 0.3) is 5.91 Å². The van der Waals surface area contributed by atoms with Crippen molar-refractivity contribution >= 4 is 17.8 Å². The summed E-state index contributed by atoms with van der Waals surface area (Å²) in [6, 6.07) is 5.77. The van der Waals surface area contributed by atoms with Crippen molar-refractivity contribution in [2.75, 3.05) is 13.2 Å². The summed E-state index contributed by atoms with van der Waals surface area (Å²) in [7, 11) is 0. The summed E-state index contributed by atoms with van der Waals surface area (Å²) in [6.45, 7) is -0.347. The SMILES string of the molecule is O=C(O)CNCNC(=O)c1ccccc1C(=O)O. The van der Waals surface area contributed by atoms with Crippen LogP contribution >= 0.6 is 0 Å². The van der Waals surface area contributed by atoms with Crippen LogP contribution in [0.25, 0.3) is 0 Å². The van der Waals surface area contributed by atoms with Gasteiger partial charge in [0, 0.05) is 0 Å². The zero-order valence-corrected chi connectivity index (χ0v) is 9.34. The van der Waals surface area contributed by atoms with Gasteiger partial charge in [-0.25, -0.2) is 4.79 Å². The highest BCUT2D eigenvalue weighted by Gasteiger charge is 2.14. The Labute approximate surface area is 102 Å². The van der Waals surface area contributed by atoms with Crippen LogP contribution in [0, 0.1) is 0 Å². The molecule has 0 aliphatic heterocycles. The second-order valence-corrected chi connectivity index (χ2v) is 3.35. The third-order valence-corrected chi connectivity index (χ3v) is 2.05. The molecule has 0 saturated heterocycles. The number of rotatable bonds is 6. The smallest absolute Gasteiger partial charge is 0.336 e. The van der Waals surface area contributed by atoms with Gasteiger partial charge in [0.1, 0.15) is 0 Å². The summed E-state index contributed by atoms with van der Waals surface area (Å²) >= 11 is 0. The third-order valence-electron chi connectivity index (χ3n) is 2.05. The molecule has 0 aliphatic rings. The Bertz CT molecular complexity index is 472. The Balaban J connectivity index is 2.61. The number of benzene rings is 1. The number of carboxylic acid groups (broad SMARTS) is 2. The summed E-state index contributed by atoms with van der Waals surface area (Å²) in [5, 5.41) is 22.1. The first-order chi connectivity index (χ1) is 8.52. The molecule has 7 nitrogen and oxygen atoms in total. The van der Waals surface area contributed by atoms with E-state index < -0.39 is 17.8 Å². The highest BCUT2D eigenvalue weighted by molar-refractivity contribution is 6.04. The van der Waals surface area contributed by atoms with Crippen molar-refractivity contribution in [1.82, 2.24) is 10.6 Å². The maximum atomic E-state index is 11.7. The number of carbonyl (C=O) groups excluding carboxylic acids is 1. The molecule has 7 heteroatoms. The van der Waals surface area contributed by atoms with E-state index in [0.29, 0.717) is 0 Å². The van der Waals surface area contributed by atoms with E-state index in [1.165, 1.54) is 18.2 Å². The predicted molar refractivity (Wildman–Crippen MR) is 61.4 cm³/mol. The maximum absolute atomic E-state index is 11.7. The summed E-state index contributed by atoms with van der Waals surface area (Å²) < 4.78 is 0. The number of amides is 1. The Kier molecular flexibility index (Phi) is 4.82. The molecule has 0 heterocycles. The number of aliphatic carboxylic acids is 1. The van der Waals surface area contributed by atoms with E-state index >= 15 is 0 Å². The van der Waals surface area contributed by atoms with E-state index in [1.54, 1.807) is 6.07 Å². The van der Waals surface area contributed by atoms with Crippen LogP contribution in [0.5, 0.6) is 0 Å². The molecule has 0 bridgehead atoms. The van der Waals surface area contributed by atoms with E-state index in [2.05, 4.69) is 10.6 Å². The molecular formula is C11H12N2O5. The van der Waals surface area contributed by atoms with Gasteiger partial charge in [-0.15, -0.1) is 0 Å². The Morgan fingerprint density at radius 1 is 1.06 bits per heavy atom. The molecule has 0 atom stereocenters. The standard InChI is InChI=1S/C11H12N2O5/c14-9(15)5-12-6-13-10(16)7-3-1-2-4-8(7)11(17)18/h1-4,12H,5-6H2,(H,13,16)(H,14,15)(H,17,18). The van der Waals surface area contributed by atoms with E-state index in [9.17, 15) is 14.4 Å². The minimum atomic E-state index is -1.20. The van der Waals surface area contributed by atoms with Crippen LogP contribution in [-0.4, -0.2) is 41.3 Å². The fourth-order valence-electron chi connectivity index (χ4n) is 1.28. The minimum Gasteiger partial charge on any atom is -0.480 e. The van der Waals surface area contributed by atoms with Crippen LogP contribution in [0.3, 0.4) is 0 Å². The average molecular weight is 252 g/mol. The highest BCUT2D eigenvalue weighted by Crippen LogP contribution is 2.08. The first kappa shape index (κ1) is 13.7. The summed E-state index contributed by atoms with van der Waals surface area (Å²) in [4.78, 5) is 32.7. The van der Waals surface area contributed by atoms with Gasteiger partial charge in [0.15, 0.2) is 0 Å². The number of hydrogen-bond donors (Lipinski definition) is 4. The van der Waals surface area contributed by atoms with Gasteiger partial charge in [-0.05, 0) is 12.1 Å². The van der Waals surface area contributed by atoms with Gasteiger partial charge in [0.05, 0.1) is 24.3 Å². The topological polar surface area (TPSA) is 116 Å². The molecule has 0 aliphatic carbocycles. The Morgan fingerprint density at radius 2 is 1.67 bits per heavy atom. The van der Waals surface area contributed by atoms with E-state index in [1.807, 2.05) is 0 Å². The predicted octanol–water partition coefficient (Wildman–Crippen LogP) is -0.254. The van der Waals surface area contributed by atoms with Gasteiger partial charge in [-0.1, -0.05) is 12.1 Å². The molecule has 0 fully saturated rings. The summed E-state index contributed by atoms with van der Waals surface area (Å²) in [5.41, 5.74) is -0.0737. The third kappa shape index (κ3) is 3.87. The highest BCUT2D eigenvalue weighted by atomic mass is 16.4. The van der Waals surface area contributed by atoms with Crippen molar-refractivity contribution in [3.05, 3.63) is 35.4 Å². The summed E-state index contributed by atoms with van der Waals surface area (Å²) in [6.07, 6.45) is 0. The van der Waals surface area contributed by atoms with Crippen LogP contribution in [0.4, 0.5) is 0 Å². The van der Waals surface area contributed by atoms with Crippen molar-refractivity contribution in [3.63, 3.8) is 0 Å². The lowest BCUT2D eigenvalue weighted by Gasteiger charge is -2.07. The largest absolute Gasteiger partial charge is 0.480 e. The molecule has 96 valence electrons. The molecule has 0 radical (unpaired) electrons. The number of carboxylic acids is 2. The Hall–Kier alpha value is -2.41. The van der Waals surface area contributed by atoms with E-state index in [0.717, 1.165) is 0 Å². The zero-order chi connectivity index (χ0) is 13.5. The fraction of sp³-hybridized carbons (Fsp3) is 0.182. The second kappa shape index (κ2) is 6.36. The molecule has 0 unspecified atom stereocenters. The van der Waals surface area contributed by atoms with Gasteiger partial charge < -0.3 is 15.5 Å². The molecule has 18 heavy (non-hydrogen) atoms. The monoisotopic (exact) mass is 252 g/mol. The van der Waals surface area contributed by atoms with Crippen LogP contribution in [-0.2, 0) is 4.79 Å². The Morgan fingerprint density at radius 3 is 2.22 bits per heavy atom. The minimum absolute atomic E-state index is 0.0297. The van der Waals surface area contributed by atoms with Gasteiger partial charge in [0.2, 0.25) is 0 Å². The van der Waals surface area contributed by atoms with Crippen LogP contribution < -0.4 is 10.6 Å². The zero-order valence-electron chi connectivity index (χ0n) is 9.34. The first-order valence-corrected chi connectivity index (χ1v) is 5.05. The quantitative estimate of drug-likeness (QED) is 0.409. The number of nitrogens with one attached hydrogen (secondary N) is 2. The lowest BCUT2D eigenvalue weighted by atomic mass is 10.1. The molecular weight excluding hydrogens is 240 g/mol. The van der Waals surface area contributed by atoms with Gasteiger partial charge in [-0.3, -0.25) is 14.9 Å². The first-order valence-electron chi connectivity index (χ1n) is 5.05. The van der Waals surface area contributed by atoms with Crippen molar-refractivity contribution in [2.45, 2.75) is 0 Å². The van der Waals surface area contributed by atoms with Gasteiger partial charge in [-0.2, -0.15) is 0 Å². The van der Waals surface area contributed by atoms with E-state index in [4.69, 9.17) is 10.2 Å². The summed E-state index contributed by atoms with van der Waals surface area (Å²) in [5.74, 6) is -2.82. The van der Waals surface area contributed by atoms with E-state index in [-0.39, 0.29) is 24.3 Å². The second-order valence-electron chi connectivity index (χ2n) is 3.35. The average Bonchev–Trinajstić information content (AvgIpc) is 2.34. The molecule has 0 saturated carbocycles. The molecule has 1 rings (SSSR count). The molecule has 0 aromatic heterocycles. The molecule has 1 aromatic rings. The van der Waals surface area contributed by atoms with Crippen molar-refractivity contribution in [1.29, 1.82) is 0 Å². The van der Waals surface area contributed by atoms with Crippen molar-refractivity contribution in [3.8, 4) is 0 Å². The molecule has 0 spiro atoms. The lowest BCUT2D eigenvalue weighted by molar-refractivity contribution is -0.135. The molecule has 1 aromatic carbocycles. The lowest BCUT2D eigenvalue weighted by Crippen LogP contribution is -2.36. The number of aromatic carboxylic acids is 1. The normalized spacial score (nSPS) is 9.78. The van der Waals surface area contributed by atoms with Crippen molar-refractivity contribution < 1.29 is 24.6 Å². The number of hydrogen-bond acceptors (Lipinski definition) is 4. The van der Waals surface area contributed by atoms with Crippen LogP contribution in [0.2, 0.25) is 0 Å². The number of carbonyl (C=O) groups is 3. The van der Waals surface area contributed by atoms with Crippen LogP contribution in [0.15, 0.2) is 24.3 Å². The van der Waals surface area contributed by atoms with Gasteiger partial charge >= 0.3 is 11.9 Å². The molecule has 4 N–H and O–H groups in total. The van der Waals surface area contributed by atoms with Crippen molar-refractivity contribution in [2.24, 2.45) is 0 Å². The maximum Gasteiger partial charge on any atom is 0.336 e. The fourth-order valence-corrected chi connectivity index (χ4v) is 1.28.